The minimum atomic E-state index is -0.367. The largest absolute Gasteiger partial charge is 0.325 e. The molecule has 1 saturated heterocycles. The van der Waals surface area contributed by atoms with E-state index >= 15 is 0 Å². The average Bonchev–Trinajstić information content (AvgIpc) is 3.21. The van der Waals surface area contributed by atoms with Crippen molar-refractivity contribution in [2.75, 3.05) is 18.4 Å². The van der Waals surface area contributed by atoms with Crippen molar-refractivity contribution in [1.82, 2.24) is 19.7 Å². The number of aromatic nitrogens is 3. The van der Waals surface area contributed by atoms with Crippen molar-refractivity contribution in [2.45, 2.75) is 56.6 Å². The number of carbonyl (C=O) groups is 2. The zero-order valence-electron chi connectivity index (χ0n) is 19.7. The molecule has 2 aromatic carbocycles. The van der Waals surface area contributed by atoms with Crippen LogP contribution in [0.1, 0.15) is 54.9 Å². The van der Waals surface area contributed by atoms with Crippen LogP contribution in [0.25, 0.3) is 0 Å². The quantitative estimate of drug-likeness (QED) is 0.357. The van der Waals surface area contributed by atoms with Gasteiger partial charge < -0.3 is 9.88 Å². The van der Waals surface area contributed by atoms with Crippen LogP contribution < -0.4 is 5.32 Å². The monoisotopic (exact) mass is 477 g/mol. The van der Waals surface area contributed by atoms with Gasteiger partial charge in [-0.1, -0.05) is 48.5 Å². The summed E-state index contributed by atoms with van der Waals surface area (Å²) >= 11 is 1.41. The molecule has 3 aromatic rings. The normalized spacial score (nSPS) is 15.1. The third-order valence-electron chi connectivity index (χ3n) is 6.00. The number of amides is 1. The highest BCUT2D eigenvalue weighted by molar-refractivity contribution is 8.00. The molecule has 0 radical (unpaired) electrons. The number of thioether (sulfide) groups is 1. The lowest BCUT2D eigenvalue weighted by Crippen LogP contribution is -2.30. The van der Waals surface area contributed by atoms with Gasteiger partial charge in [-0.25, -0.2) is 0 Å². The molecular formula is C26H31N5O2S. The fourth-order valence-corrected chi connectivity index (χ4v) is 4.88. The number of anilines is 1. The molecule has 0 bridgehead atoms. The summed E-state index contributed by atoms with van der Waals surface area (Å²) in [6.45, 7) is 7.00. The van der Waals surface area contributed by atoms with Crippen molar-refractivity contribution >= 4 is 29.1 Å². The van der Waals surface area contributed by atoms with Gasteiger partial charge in [0.15, 0.2) is 10.9 Å². The second-order valence-corrected chi connectivity index (χ2v) is 10.00. The molecule has 34 heavy (non-hydrogen) atoms. The number of hydrogen-bond donors (Lipinski definition) is 1. The Morgan fingerprint density at radius 2 is 1.68 bits per heavy atom. The van der Waals surface area contributed by atoms with Crippen LogP contribution in [0.4, 0.5) is 5.69 Å². The van der Waals surface area contributed by atoms with Crippen LogP contribution in [0.5, 0.6) is 0 Å². The van der Waals surface area contributed by atoms with Crippen molar-refractivity contribution < 1.29 is 9.59 Å². The van der Waals surface area contributed by atoms with E-state index in [1.54, 1.807) is 24.3 Å². The lowest BCUT2D eigenvalue weighted by Gasteiger charge is -2.26. The highest BCUT2D eigenvalue weighted by Crippen LogP contribution is 2.25. The first-order chi connectivity index (χ1) is 16.5. The highest BCUT2D eigenvalue weighted by atomic mass is 32.2. The van der Waals surface area contributed by atoms with Gasteiger partial charge in [-0.3, -0.25) is 14.5 Å². The predicted molar refractivity (Wildman–Crippen MR) is 135 cm³/mol. The first-order valence-electron chi connectivity index (χ1n) is 11.8. The van der Waals surface area contributed by atoms with Gasteiger partial charge in [-0.2, -0.15) is 0 Å². The van der Waals surface area contributed by atoms with Gasteiger partial charge in [0.2, 0.25) is 5.91 Å². The number of Topliss-reactive ketones (excluding diaryl/α,β-unsaturated/α-hetero) is 1. The Labute approximate surface area is 205 Å². The van der Waals surface area contributed by atoms with Crippen LogP contribution >= 0.6 is 11.8 Å². The summed E-state index contributed by atoms with van der Waals surface area (Å²) in [4.78, 5) is 26.8. The van der Waals surface area contributed by atoms with Crippen LogP contribution in [0, 0.1) is 0 Å². The van der Waals surface area contributed by atoms with Gasteiger partial charge in [-0.15, -0.1) is 10.2 Å². The van der Waals surface area contributed by atoms with E-state index in [1.807, 2.05) is 25.1 Å². The Morgan fingerprint density at radius 1 is 0.971 bits per heavy atom. The van der Waals surface area contributed by atoms with Crippen molar-refractivity contribution in [3.63, 3.8) is 0 Å². The molecular weight excluding hydrogens is 446 g/mol. The summed E-state index contributed by atoms with van der Waals surface area (Å²) in [7, 11) is 0. The topological polar surface area (TPSA) is 80.1 Å². The fraction of sp³-hybridized carbons (Fsp3) is 0.385. The number of piperidine rings is 1. The highest BCUT2D eigenvalue weighted by Gasteiger charge is 2.22. The van der Waals surface area contributed by atoms with E-state index < -0.39 is 0 Å². The maximum absolute atomic E-state index is 12.9. The predicted octanol–water partition coefficient (Wildman–Crippen LogP) is 4.63. The fourth-order valence-electron chi connectivity index (χ4n) is 4.01. The molecule has 7 nitrogen and oxygen atoms in total. The van der Waals surface area contributed by atoms with E-state index in [-0.39, 0.29) is 16.9 Å². The minimum Gasteiger partial charge on any atom is -0.325 e. The van der Waals surface area contributed by atoms with Crippen LogP contribution in [0.3, 0.4) is 0 Å². The zero-order valence-corrected chi connectivity index (χ0v) is 20.6. The lowest BCUT2D eigenvalue weighted by molar-refractivity contribution is -0.115. The molecule has 0 unspecified atom stereocenters. The second-order valence-electron chi connectivity index (χ2n) is 8.69. The van der Waals surface area contributed by atoms with E-state index in [0.29, 0.717) is 17.8 Å². The van der Waals surface area contributed by atoms with Crippen LogP contribution in [-0.2, 0) is 17.9 Å². The second kappa shape index (κ2) is 11.4. The van der Waals surface area contributed by atoms with E-state index in [0.717, 1.165) is 30.6 Å². The number of benzene rings is 2. The van der Waals surface area contributed by atoms with Crippen molar-refractivity contribution in [3.8, 4) is 0 Å². The Bertz CT molecular complexity index is 1110. The maximum atomic E-state index is 12.9. The molecule has 0 aliphatic carbocycles. The van der Waals surface area contributed by atoms with Crippen molar-refractivity contribution in [1.29, 1.82) is 0 Å². The number of carbonyl (C=O) groups excluding carboxylic acids is 2. The summed E-state index contributed by atoms with van der Waals surface area (Å²) in [5, 5.41) is 12.3. The Balaban J connectivity index is 1.47. The summed E-state index contributed by atoms with van der Waals surface area (Å²) in [5.74, 6) is 0.813. The van der Waals surface area contributed by atoms with Gasteiger partial charge in [0.05, 0.1) is 18.3 Å². The molecule has 1 fully saturated rings. The van der Waals surface area contributed by atoms with Crippen LogP contribution in [-0.4, -0.2) is 49.7 Å². The molecule has 1 aliphatic heterocycles. The number of ketones is 1. The smallest absolute Gasteiger partial charge is 0.237 e. The van der Waals surface area contributed by atoms with E-state index in [2.05, 4.69) is 37.1 Å². The summed E-state index contributed by atoms with van der Waals surface area (Å²) in [6, 6.07) is 17.2. The first kappa shape index (κ1) is 24.2. The van der Waals surface area contributed by atoms with Gasteiger partial charge in [0, 0.05) is 11.3 Å². The summed E-state index contributed by atoms with van der Waals surface area (Å²) in [5.41, 5.74) is 2.46. The number of nitrogens with one attached hydrogen (secondary N) is 1. The third kappa shape index (κ3) is 6.33. The Morgan fingerprint density at radius 3 is 2.35 bits per heavy atom. The summed E-state index contributed by atoms with van der Waals surface area (Å²) in [6.07, 6.45) is 3.73. The first-order valence-corrected chi connectivity index (χ1v) is 12.6. The molecule has 4 rings (SSSR count). The Kier molecular flexibility index (Phi) is 8.13. The van der Waals surface area contributed by atoms with E-state index in [9.17, 15) is 9.59 Å². The van der Waals surface area contributed by atoms with Gasteiger partial charge in [0.25, 0.3) is 0 Å². The number of nitrogens with zero attached hydrogens (tertiary/aromatic N) is 4. The number of likely N-dealkylation sites (tertiary alicyclic amines) is 1. The molecule has 178 valence electrons. The molecule has 0 spiro atoms. The molecule has 2 heterocycles. The molecule has 0 saturated carbocycles. The number of hydrogen-bond acceptors (Lipinski definition) is 6. The molecule has 1 N–H and O–H groups in total. The van der Waals surface area contributed by atoms with Gasteiger partial charge in [0.1, 0.15) is 5.82 Å². The molecule has 8 heteroatoms. The van der Waals surface area contributed by atoms with E-state index in [4.69, 9.17) is 0 Å². The SMILES string of the molecule is CC(=O)c1ccc(NC(=O)[C@@H](C)Sc2nnc(CN3CCCCC3)n2Cc2ccccc2)cc1. The maximum Gasteiger partial charge on any atom is 0.237 e. The third-order valence-corrected chi connectivity index (χ3v) is 7.08. The van der Waals surface area contributed by atoms with Gasteiger partial charge >= 0.3 is 0 Å². The molecule has 1 atom stereocenters. The van der Waals surface area contributed by atoms with Crippen LogP contribution in [0.2, 0.25) is 0 Å². The average molecular weight is 478 g/mol. The van der Waals surface area contributed by atoms with E-state index in [1.165, 1.54) is 43.5 Å². The molecule has 1 aliphatic rings. The number of rotatable bonds is 9. The molecule has 1 aromatic heterocycles. The molecule has 1 amide bonds. The lowest BCUT2D eigenvalue weighted by atomic mass is 10.1. The minimum absolute atomic E-state index is 0.0000833. The van der Waals surface area contributed by atoms with Crippen LogP contribution in [0.15, 0.2) is 59.8 Å². The summed E-state index contributed by atoms with van der Waals surface area (Å²) < 4.78 is 2.14. The van der Waals surface area contributed by atoms with Crippen molar-refractivity contribution in [3.05, 3.63) is 71.5 Å². The van der Waals surface area contributed by atoms with Crippen molar-refractivity contribution in [2.24, 2.45) is 0 Å². The Hall–Kier alpha value is -2.97. The zero-order chi connectivity index (χ0) is 23.9. The van der Waals surface area contributed by atoms with Gasteiger partial charge in [-0.05, 0) is 69.6 Å². The standard InChI is InChI=1S/C26H31N5O2S/c1-19(32)22-11-13-23(14-12-22)27-25(33)20(2)34-26-29-28-24(18-30-15-7-4-8-16-30)31(26)17-21-9-5-3-6-10-21/h3,5-6,9-14,20H,4,7-8,15-18H2,1-2H3,(H,27,33)/t20-/m1/s1.